The van der Waals surface area contributed by atoms with Crippen LogP contribution in [0.1, 0.15) is 26.7 Å². The molecule has 2 rings (SSSR count). The first-order valence-electron chi connectivity index (χ1n) is 7.01. The van der Waals surface area contributed by atoms with Crippen LogP contribution in [-0.2, 0) is 0 Å². The number of likely N-dealkylation sites (tertiary alicyclic amines) is 1. The van der Waals surface area contributed by atoms with Crippen LogP contribution >= 0.6 is 15.9 Å². The van der Waals surface area contributed by atoms with Crippen LogP contribution < -0.4 is 5.32 Å². The number of nitrogens with zero attached hydrogens (tertiary/aromatic N) is 1. The van der Waals surface area contributed by atoms with E-state index in [4.69, 9.17) is 0 Å². The molecule has 0 radical (unpaired) electrons. The van der Waals surface area contributed by atoms with Gasteiger partial charge in [-0.25, -0.2) is 0 Å². The highest BCUT2D eigenvalue weighted by Crippen LogP contribution is 2.19. The summed E-state index contributed by atoms with van der Waals surface area (Å²) in [6.45, 7) is 7.83. The lowest BCUT2D eigenvalue weighted by molar-refractivity contribution is 0.240. The van der Waals surface area contributed by atoms with Gasteiger partial charge in [0, 0.05) is 35.8 Å². The Morgan fingerprint density at radius 3 is 2.47 bits per heavy atom. The fourth-order valence-electron chi connectivity index (χ4n) is 2.35. The Balaban J connectivity index is 1.77. The lowest BCUT2D eigenvalue weighted by Gasteiger charge is -2.32. The van der Waals surface area contributed by atoms with Gasteiger partial charge in [-0.15, -0.1) is 0 Å². The molecule has 0 amide bonds. The van der Waals surface area contributed by atoms with Crippen LogP contribution in [0.2, 0.25) is 0 Å². The Bertz CT molecular complexity index is 413. The first-order chi connectivity index (χ1) is 9.13. The molecule has 2 nitrogen and oxygen atoms in total. The summed E-state index contributed by atoms with van der Waals surface area (Å²) < 4.78 is 1.13. The van der Waals surface area contributed by atoms with Gasteiger partial charge in [0.2, 0.25) is 0 Å². The summed E-state index contributed by atoms with van der Waals surface area (Å²) in [5, 5.41) is 3.63. The van der Waals surface area contributed by atoms with E-state index >= 15 is 0 Å². The molecule has 0 aromatic heterocycles. The number of nitrogens with one attached hydrogen (secondary N) is 1. The van der Waals surface area contributed by atoms with Crippen LogP contribution in [0.4, 0.5) is 5.69 Å². The molecule has 1 saturated heterocycles. The van der Waals surface area contributed by atoms with Crippen molar-refractivity contribution in [2.75, 3.05) is 25.0 Å². The Labute approximate surface area is 125 Å². The van der Waals surface area contributed by atoms with Crippen molar-refractivity contribution in [1.29, 1.82) is 0 Å². The zero-order valence-corrected chi connectivity index (χ0v) is 13.4. The van der Waals surface area contributed by atoms with Gasteiger partial charge in [0.05, 0.1) is 0 Å². The normalized spacial score (nSPS) is 17.2. The largest absolute Gasteiger partial charge is 0.382 e. The van der Waals surface area contributed by atoms with Gasteiger partial charge in [0.15, 0.2) is 0 Å². The molecule has 0 unspecified atom stereocenters. The van der Waals surface area contributed by atoms with Crippen molar-refractivity contribution in [3.63, 3.8) is 0 Å². The van der Waals surface area contributed by atoms with Crippen molar-refractivity contribution in [1.82, 2.24) is 4.90 Å². The highest BCUT2D eigenvalue weighted by molar-refractivity contribution is 9.10. The van der Waals surface area contributed by atoms with Crippen LogP contribution in [0, 0.1) is 0 Å². The predicted molar refractivity (Wildman–Crippen MR) is 86.7 cm³/mol. The van der Waals surface area contributed by atoms with Crippen LogP contribution in [0.5, 0.6) is 0 Å². The number of anilines is 1. The van der Waals surface area contributed by atoms with Gasteiger partial charge in [-0.2, -0.15) is 0 Å². The summed E-state index contributed by atoms with van der Waals surface area (Å²) in [7, 11) is 0. The molecular weight excluding hydrogens is 300 g/mol. The van der Waals surface area contributed by atoms with Crippen molar-refractivity contribution < 1.29 is 0 Å². The maximum absolute atomic E-state index is 3.63. The highest BCUT2D eigenvalue weighted by Gasteiger charge is 2.17. The van der Waals surface area contributed by atoms with Gasteiger partial charge < -0.3 is 5.32 Å². The van der Waals surface area contributed by atoms with E-state index in [-0.39, 0.29) is 0 Å². The van der Waals surface area contributed by atoms with E-state index in [1.165, 1.54) is 37.2 Å². The minimum absolute atomic E-state index is 0.615. The van der Waals surface area contributed by atoms with E-state index in [2.05, 4.69) is 70.3 Å². The average Bonchev–Trinajstić information content (AvgIpc) is 2.40. The molecular formula is C16H23BrN2. The molecule has 1 aromatic carbocycles. The molecule has 104 valence electrons. The highest BCUT2D eigenvalue weighted by atomic mass is 79.9. The first-order valence-corrected chi connectivity index (χ1v) is 7.80. The standard InChI is InChI=1S/C16H23BrN2/c1-13(2)7-10-19-11-8-16(9-12-19)18-15-5-3-14(17)4-6-15/h3-7,16,18H,8-12H2,1-2H3. The van der Waals surface area contributed by atoms with E-state index in [1.807, 2.05) is 0 Å². The number of hydrogen-bond acceptors (Lipinski definition) is 2. The van der Waals surface area contributed by atoms with E-state index in [0.717, 1.165) is 11.0 Å². The number of rotatable bonds is 4. The third-order valence-electron chi connectivity index (χ3n) is 3.56. The summed E-state index contributed by atoms with van der Waals surface area (Å²) in [6.07, 6.45) is 4.78. The van der Waals surface area contributed by atoms with Gasteiger partial charge in [-0.1, -0.05) is 27.6 Å². The van der Waals surface area contributed by atoms with E-state index in [0.29, 0.717) is 6.04 Å². The summed E-state index contributed by atoms with van der Waals surface area (Å²) >= 11 is 3.47. The summed E-state index contributed by atoms with van der Waals surface area (Å²) in [5.74, 6) is 0. The van der Waals surface area contributed by atoms with Crippen LogP contribution in [0.25, 0.3) is 0 Å². The lowest BCUT2D eigenvalue weighted by atomic mass is 10.0. The van der Waals surface area contributed by atoms with E-state index < -0.39 is 0 Å². The first kappa shape index (κ1) is 14.6. The predicted octanol–water partition coefficient (Wildman–Crippen LogP) is 4.29. The van der Waals surface area contributed by atoms with Crippen molar-refractivity contribution in [2.45, 2.75) is 32.7 Å². The van der Waals surface area contributed by atoms with E-state index in [1.54, 1.807) is 0 Å². The number of allylic oxidation sites excluding steroid dienone is 1. The summed E-state index contributed by atoms with van der Waals surface area (Å²) in [5.41, 5.74) is 2.64. The zero-order valence-electron chi connectivity index (χ0n) is 11.8. The monoisotopic (exact) mass is 322 g/mol. The molecule has 1 heterocycles. The van der Waals surface area contributed by atoms with Gasteiger partial charge in [-0.3, -0.25) is 4.90 Å². The van der Waals surface area contributed by atoms with Gasteiger partial charge in [0.25, 0.3) is 0 Å². The minimum Gasteiger partial charge on any atom is -0.382 e. The number of halogens is 1. The Morgan fingerprint density at radius 1 is 1.26 bits per heavy atom. The minimum atomic E-state index is 0.615. The molecule has 1 N–H and O–H groups in total. The third-order valence-corrected chi connectivity index (χ3v) is 4.09. The molecule has 0 aliphatic carbocycles. The van der Waals surface area contributed by atoms with Gasteiger partial charge in [0.1, 0.15) is 0 Å². The molecule has 0 spiro atoms. The van der Waals surface area contributed by atoms with Crippen molar-refractivity contribution in [3.8, 4) is 0 Å². The molecule has 1 fully saturated rings. The quantitative estimate of drug-likeness (QED) is 0.832. The molecule has 1 aliphatic rings. The fourth-order valence-corrected chi connectivity index (χ4v) is 2.62. The summed E-state index contributed by atoms with van der Waals surface area (Å²) in [6, 6.07) is 9.07. The van der Waals surface area contributed by atoms with Gasteiger partial charge >= 0.3 is 0 Å². The van der Waals surface area contributed by atoms with Crippen molar-refractivity contribution in [3.05, 3.63) is 40.4 Å². The third kappa shape index (κ3) is 5.00. The van der Waals surface area contributed by atoms with Crippen molar-refractivity contribution >= 4 is 21.6 Å². The van der Waals surface area contributed by atoms with Gasteiger partial charge in [-0.05, 0) is 51.0 Å². The molecule has 3 heteroatoms. The Morgan fingerprint density at radius 2 is 1.89 bits per heavy atom. The zero-order chi connectivity index (χ0) is 13.7. The Kier molecular flexibility index (Phi) is 5.46. The van der Waals surface area contributed by atoms with Crippen LogP contribution in [0.3, 0.4) is 0 Å². The number of piperidine rings is 1. The maximum atomic E-state index is 3.63. The Hall–Kier alpha value is -0.800. The second kappa shape index (κ2) is 7.11. The topological polar surface area (TPSA) is 15.3 Å². The number of hydrogen-bond donors (Lipinski definition) is 1. The van der Waals surface area contributed by atoms with E-state index in [9.17, 15) is 0 Å². The summed E-state index contributed by atoms with van der Waals surface area (Å²) in [4.78, 5) is 2.53. The van der Waals surface area contributed by atoms with Crippen LogP contribution in [0.15, 0.2) is 40.4 Å². The smallest absolute Gasteiger partial charge is 0.0343 e. The molecule has 0 bridgehead atoms. The molecule has 0 saturated carbocycles. The van der Waals surface area contributed by atoms with Crippen molar-refractivity contribution in [2.24, 2.45) is 0 Å². The average molecular weight is 323 g/mol. The second-order valence-electron chi connectivity index (χ2n) is 5.51. The SMILES string of the molecule is CC(C)=CCN1CCC(Nc2ccc(Br)cc2)CC1. The van der Waals surface area contributed by atoms with Crippen LogP contribution in [-0.4, -0.2) is 30.6 Å². The molecule has 1 aromatic rings. The lowest BCUT2D eigenvalue weighted by Crippen LogP contribution is -2.39. The fraction of sp³-hybridized carbons (Fsp3) is 0.500. The molecule has 1 aliphatic heterocycles. The second-order valence-corrected chi connectivity index (χ2v) is 6.42. The number of benzene rings is 1. The maximum Gasteiger partial charge on any atom is 0.0343 e. The molecule has 0 atom stereocenters. The molecule has 19 heavy (non-hydrogen) atoms.